The van der Waals surface area contributed by atoms with E-state index in [0.29, 0.717) is 5.84 Å². The highest BCUT2D eigenvalue weighted by Crippen LogP contribution is 2.19. The number of aliphatic carboxylic acids is 1. The van der Waals surface area contributed by atoms with Crippen LogP contribution in [0.1, 0.15) is 6.92 Å². The zero-order valence-corrected chi connectivity index (χ0v) is 10.6. The van der Waals surface area contributed by atoms with Crippen LogP contribution in [0.3, 0.4) is 0 Å². The highest BCUT2D eigenvalue weighted by atomic mass is 79.9. The maximum atomic E-state index is 11.7. The van der Waals surface area contributed by atoms with E-state index < -0.39 is 12.0 Å². The summed E-state index contributed by atoms with van der Waals surface area (Å²) in [5.74, 6) is -0.857. The highest BCUT2D eigenvalue weighted by Gasteiger charge is 2.32. The lowest BCUT2D eigenvalue weighted by Gasteiger charge is -2.33. The predicted octanol–water partition coefficient (Wildman–Crippen LogP) is 0.723. The molecule has 0 aromatic heterocycles. The summed E-state index contributed by atoms with van der Waals surface area (Å²) in [7, 11) is 0. The summed E-state index contributed by atoms with van der Waals surface area (Å²) in [6.45, 7) is 1.52. The van der Waals surface area contributed by atoms with Crippen molar-refractivity contribution in [2.75, 3.05) is 6.54 Å². The minimum Gasteiger partial charge on any atom is -0.480 e. The lowest BCUT2D eigenvalue weighted by atomic mass is 10.2. The van der Waals surface area contributed by atoms with E-state index in [1.165, 1.54) is 6.92 Å². The molecule has 0 fully saturated rings. The van der Waals surface area contributed by atoms with Crippen LogP contribution in [-0.2, 0) is 9.59 Å². The summed E-state index contributed by atoms with van der Waals surface area (Å²) >= 11 is 3.30. The molecule has 0 saturated heterocycles. The Balaban J connectivity index is 2.30. The summed E-state index contributed by atoms with van der Waals surface area (Å²) < 4.78 is 0.837. The van der Waals surface area contributed by atoms with Crippen molar-refractivity contribution < 1.29 is 14.7 Å². The SMILES string of the molecule is CC(C(=O)O)N1N=C2C=CC(Br)=CN2CC1=O. The van der Waals surface area contributed by atoms with Gasteiger partial charge in [0.25, 0.3) is 5.91 Å². The molecule has 0 bridgehead atoms. The number of amides is 1. The number of nitrogens with zero attached hydrogens (tertiary/aromatic N) is 3. The molecule has 0 aliphatic carbocycles. The molecule has 0 aromatic carbocycles. The lowest BCUT2D eigenvalue weighted by Crippen LogP contribution is -2.50. The number of rotatable bonds is 2. The quantitative estimate of drug-likeness (QED) is 0.815. The molecule has 1 N–H and O–H groups in total. The zero-order chi connectivity index (χ0) is 12.6. The van der Waals surface area contributed by atoms with Gasteiger partial charge in [0.05, 0.1) is 0 Å². The van der Waals surface area contributed by atoms with Crippen LogP contribution in [0.4, 0.5) is 0 Å². The van der Waals surface area contributed by atoms with Gasteiger partial charge in [0, 0.05) is 10.7 Å². The van der Waals surface area contributed by atoms with Gasteiger partial charge >= 0.3 is 5.97 Å². The van der Waals surface area contributed by atoms with E-state index >= 15 is 0 Å². The largest absolute Gasteiger partial charge is 0.480 e. The number of carboxylic acids is 1. The molecule has 6 nitrogen and oxygen atoms in total. The van der Waals surface area contributed by atoms with Crippen LogP contribution < -0.4 is 0 Å². The van der Waals surface area contributed by atoms with Gasteiger partial charge in [0.2, 0.25) is 0 Å². The highest BCUT2D eigenvalue weighted by molar-refractivity contribution is 9.11. The van der Waals surface area contributed by atoms with Crippen LogP contribution in [0.25, 0.3) is 0 Å². The summed E-state index contributed by atoms with van der Waals surface area (Å²) in [5.41, 5.74) is 0. The Morgan fingerprint density at radius 3 is 2.94 bits per heavy atom. The van der Waals surface area contributed by atoms with Crippen molar-refractivity contribution in [2.45, 2.75) is 13.0 Å². The maximum Gasteiger partial charge on any atom is 0.328 e. The van der Waals surface area contributed by atoms with Crippen molar-refractivity contribution in [1.29, 1.82) is 0 Å². The fourth-order valence-electron chi connectivity index (χ4n) is 1.52. The Morgan fingerprint density at radius 2 is 2.29 bits per heavy atom. The molecule has 1 amide bonds. The molecule has 2 aliphatic rings. The number of hydrogen-bond donors (Lipinski definition) is 1. The topological polar surface area (TPSA) is 73.2 Å². The number of carbonyl (C=O) groups excluding carboxylic acids is 1. The van der Waals surface area contributed by atoms with Crippen LogP contribution >= 0.6 is 15.9 Å². The molecule has 0 spiro atoms. The first-order valence-corrected chi connectivity index (χ1v) is 5.74. The van der Waals surface area contributed by atoms with Gasteiger partial charge in [-0.1, -0.05) is 0 Å². The monoisotopic (exact) mass is 299 g/mol. The van der Waals surface area contributed by atoms with Gasteiger partial charge < -0.3 is 10.0 Å². The van der Waals surface area contributed by atoms with Crippen LogP contribution in [0.5, 0.6) is 0 Å². The molecule has 90 valence electrons. The zero-order valence-electron chi connectivity index (χ0n) is 9.00. The van der Waals surface area contributed by atoms with Gasteiger partial charge in [-0.3, -0.25) is 4.79 Å². The second-order valence-corrected chi connectivity index (χ2v) is 4.60. The standard InChI is InChI=1S/C10H10BrN3O3/c1-6(10(16)17)14-9(15)5-13-4-7(11)2-3-8(13)12-14/h2-4,6H,5H2,1H3,(H,16,17). The molecule has 0 aromatic rings. The Labute approximate surface area is 106 Å². The number of halogens is 1. The number of carbonyl (C=O) groups is 2. The van der Waals surface area contributed by atoms with E-state index in [9.17, 15) is 9.59 Å². The van der Waals surface area contributed by atoms with Crippen molar-refractivity contribution in [2.24, 2.45) is 5.10 Å². The molecule has 0 saturated carbocycles. The molecule has 2 aliphatic heterocycles. The van der Waals surface area contributed by atoms with Crippen molar-refractivity contribution in [3.05, 3.63) is 22.8 Å². The number of carboxylic acid groups (broad SMARTS) is 1. The molecule has 17 heavy (non-hydrogen) atoms. The van der Waals surface area contributed by atoms with Crippen molar-refractivity contribution in [1.82, 2.24) is 9.91 Å². The molecule has 7 heteroatoms. The van der Waals surface area contributed by atoms with Crippen molar-refractivity contribution in [3.8, 4) is 0 Å². The smallest absolute Gasteiger partial charge is 0.328 e. The second-order valence-electron chi connectivity index (χ2n) is 3.69. The molecular weight excluding hydrogens is 290 g/mol. The second kappa shape index (κ2) is 4.33. The van der Waals surface area contributed by atoms with E-state index in [1.54, 1.807) is 23.3 Å². The van der Waals surface area contributed by atoms with Gasteiger partial charge in [-0.25, -0.2) is 9.80 Å². The number of hydrogen-bond acceptors (Lipinski definition) is 4. The van der Waals surface area contributed by atoms with Gasteiger partial charge in [0.15, 0.2) is 5.84 Å². The molecule has 2 heterocycles. The van der Waals surface area contributed by atoms with E-state index in [4.69, 9.17) is 5.11 Å². The fourth-order valence-corrected chi connectivity index (χ4v) is 1.90. The minimum atomic E-state index is -1.08. The van der Waals surface area contributed by atoms with Crippen molar-refractivity contribution >= 4 is 33.6 Å². The summed E-state index contributed by atoms with van der Waals surface area (Å²) in [5, 5.41) is 13.9. The number of allylic oxidation sites excluding steroid dienone is 2. The van der Waals surface area contributed by atoms with E-state index in [1.807, 2.05) is 0 Å². The Bertz CT molecular complexity index is 469. The van der Waals surface area contributed by atoms with E-state index in [-0.39, 0.29) is 12.5 Å². The lowest BCUT2D eigenvalue weighted by molar-refractivity contribution is -0.150. The third-order valence-electron chi connectivity index (χ3n) is 2.46. The molecule has 1 unspecified atom stereocenters. The third kappa shape index (κ3) is 2.23. The molecular formula is C10H10BrN3O3. The van der Waals surface area contributed by atoms with Gasteiger partial charge in [-0.15, -0.1) is 0 Å². The Kier molecular flexibility index (Phi) is 3.01. The summed E-state index contributed by atoms with van der Waals surface area (Å²) in [4.78, 5) is 24.3. The third-order valence-corrected chi connectivity index (χ3v) is 2.93. The van der Waals surface area contributed by atoms with E-state index in [0.717, 1.165) is 9.49 Å². The van der Waals surface area contributed by atoms with Gasteiger partial charge in [-0.05, 0) is 35.0 Å². The number of hydrazone groups is 1. The van der Waals surface area contributed by atoms with Gasteiger partial charge in [-0.2, -0.15) is 5.10 Å². The van der Waals surface area contributed by atoms with Crippen LogP contribution in [-0.4, -0.2) is 45.3 Å². The minimum absolute atomic E-state index is 0.0931. The molecule has 1 atom stereocenters. The number of fused-ring (bicyclic) bond motifs is 1. The van der Waals surface area contributed by atoms with Gasteiger partial charge in [0.1, 0.15) is 12.6 Å². The summed E-state index contributed by atoms with van der Waals surface area (Å²) in [6, 6.07) is -0.958. The predicted molar refractivity (Wildman–Crippen MR) is 64.2 cm³/mol. The summed E-state index contributed by atoms with van der Waals surface area (Å²) in [6.07, 6.45) is 5.24. The Hall–Kier alpha value is -1.63. The average molecular weight is 300 g/mol. The maximum absolute atomic E-state index is 11.7. The Morgan fingerprint density at radius 1 is 1.59 bits per heavy atom. The first-order valence-electron chi connectivity index (χ1n) is 4.94. The normalized spacial score (nSPS) is 20.7. The fraction of sp³-hybridized carbons (Fsp3) is 0.300. The van der Waals surface area contributed by atoms with Crippen LogP contribution in [0.15, 0.2) is 27.9 Å². The average Bonchev–Trinajstić information content (AvgIpc) is 2.27. The van der Waals surface area contributed by atoms with Crippen LogP contribution in [0, 0.1) is 0 Å². The van der Waals surface area contributed by atoms with E-state index in [2.05, 4.69) is 21.0 Å². The first-order chi connectivity index (χ1) is 7.99. The molecule has 2 rings (SSSR count). The first kappa shape index (κ1) is 11.8. The van der Waals surface area contributed by atoms with Crippen LogP contribution in [0.2, 0.25) is 0 Å². The van der Waals surface area contributed by atoms with Crippen molar-refractivity contribution in [3.63, 3.8) is 0 Å². The molecule has 0 radical (unpaired) electrons. The number of amidine groups is 1.